The van der Waals surface area contributed by atoms with Crippen LogP contribution in [-0.2, 0) is 0 Å². The molecule has 0 aliphatic carbocycles. The van der Waals surface area contributed by atoms with Crippen molar-refractivity contribution in [3.05, 3.63) is 52.5 Å². The fraction of sp³-hybridized carbons (Fsp3) is 0.263. The van der Waals surface area contributed by atoms with Gasteiger partial charge < -0.3 is 9.80 Å². The minimum absolute atomic E-state index is 0.0880. The first-order chi connectivity index (χ1) is 13.0. The highest BCUT2D eigenvalue weighted by atomic mass is 32.1. The summed E-state index contributed by atoms with van der Waals surface area (Å²) in [5.74, 6) is -0.519. The van der Waals surface area contributed by atoms with E-state index >= 15 is 0 Å². The zero-order valence-corrected chi connectivity index (χ0v) is 15.5. The van der Waals surface area contributed by atoms with E-state index in [4.69, 9.17) is 5.26 Å². The van der Waals surface area contributed by atoms with Crippen LogP contribution < -0.4 is 4.90 Å². The summed E-state index contributed by atoms with van der Waals surface area (Å²) in [6, 6.07) is 6.27. The van der Waals surface area contributed by atoms with Crippen LogP contribution in [0.3, 0.4) is 0 Å². The minimum atomic E-state index is -0.431. The van der Waals surface area contributed by atoms with Crippen LogP contribution in [0, 0.1) is 24.1 Å². The summed E-state index contributed by atoms with van der Waals surface area (Å²) in [7, 11) is 0. The Morgan fingerprint density at radius 3 is 2.74 bits per heavy atom. The number of benzene rings is 1. The summed E-state index contributed by atoms with van der Waals surface area (Å²) < 4.78 is 14.6. The second-order valence-corrected chi connectivity index (χ2v) is 7.59. The van der Waals surface area contributed by atoms with Crippen molar-refractivity contribution in [2.45, 2.75) is 6.92 Å². The molecule has 1 aromatic carbocycles. The molecule has 3 heterocycles. The molecule has 27 heavy (non-hydrogen) atoms. The van der Waals surface area contributed by atoms with Crippen LogP contribution in [0.5, 0.6) is 0 Å². The quantitative estimate of drug-likeness (QED) is 0.682. The number of rotatable bonds is 2. The maximum absolute atomic E-state index is 13.7. The number of anilines is 1. The Morgan fingerprint density at radius 2 is 2.00 bits per heavy atom. The van der Waals surface area contributed by atoms with Crippen molar-refractivity contribution in [2.24, 2.45) is 0 Å². The molecule has 1 saturated heterocycles. The Balaban J connectivity index is 1.51. The highest BCUT2D eigenvalue weighted by Gasteiger charge is 2.25. The predicted molar refractivity (Wildman–Crippen MR) is 101 cm³/mol. The fourth-order valence-corrected chi connectivity index (χ4v) is 4.10. The van der Waals surface area contributed by atoms with Gasteiger partial charge in [-0.2, -0.15) is 5.26 Å². The molecule has 0 radical (unpaired) electrons. The van der Waals surface area contributed by atoms with E-state index in [-0.39, 0.29) is 5.91 Å². The number of fused-ring (bicyclic) bond motifs is 1. The number of pyridine rings is 1. The highest BCUT2D eigenvalue weighted by molar-refractivity contribution is 7.18. The molecule has 1 amide bonds. The number of nitriles is 1. The summed E-state index contributed by atoms with van der Waals surface area (Å²) in [6.07, 6.45) is 3.30. The van der Waals surface area contributed by atoms with Crippen LogP contribution in [0.15, 0.2) is 30.6 Å². The first-order valence-corrected chi connectivity index (χ1v) is 9.33. The average molecular weight is 381 g/mol. The molecule has 136 valence electrons. The Labute approximate surface area is 159 Å². The van der Waals surface area contributed by atoms with Gasteiger partial charge in [-0.1, -0.05) is 0 Å². The lowest BCUT2D eigenvalue weighted by molar-refractivity contribution is 0.0748. The Kier molecular flexibility index (Phi) is 4.46. The molecule has 0 saturated carbocycles. The molecule has 0 spiro atoms. The molecule has 2 aromatic heterocycles. The van der Waals surface area contributed by atoms with Gasteiger partial charge in [0.2, 0.25) is 0 Å². The molecule has 1 aliphatic heterocycles. The Morgan fingerprint density at radius 1 is 1.22 bits per heavy atom. The summed E-state index contributed by atoms with van der Waals surface area (Å²) in [6.45, 7) is 4.07. The molecule has 0 N–H and O–H groups in total. The van der Waals surface area contributed by atoms with Crippen molar-refractivity contribution in [1.29, 1.82) is 5.26 Å². The van der Waals surface area contributed by atoms with E-state index in [0.29, 0.717) is 48.5 Å². The lowest BCUT2D eigenvalue weighted by Gasteiger charge is -2.36. The van der Waals surface area contributed by atoms with E-state index in [9.17, 15) is 9.18 Å². The average Bonchev–Trinajstić information content (AvgIpc) is 3.07. The van der Waals surface area contributed by atoms with Crippen molar-refractivity contribution in [3.63, 3.8) is 0 Å². The monoisotopic (exact) mass is 381 g/mol. The first kappa shape index (κ1) is 17.4. The largest absolute Gasteiger partial charge is 0.368 e. The van der Waals surface area contributed by atoms with Crippen LogP contribution in [0.25, 0.3) is 10.2 Å². The topological polar surface area (TPSA) is 73.1 Å². The van der Waals surface area contributed by atoms with Crippen molar-refractivity contribution >= 4 is 33.1 Å². The summed E-state index contributed by atoms with van der Waals surface area (Å²) in [5.41, 5.74) is 2.17. The van der Waals surface area contributed by atoms with E-state index in [0.717, 1.165) is 9.71 Å². The SMILES string of the molecule is Cc1nc2c(C(=O)N3CCN(c4cc(F)cc(C#N)c4)CC3)cncc2s1. The van der Waals surface area contributed by atoms with E-state index < -0.39 is 5.82 Å². The molecule has 3 aromatic rings. The number of thiazole rings is 1. The molecule has 4 rings (SSSR count). The molecular weight excluding hydrogens is 365 g/mol. The maximum Gasteiger partial charge on any atom is 0.257 e. The molecule has 0 bridgehead atoms. The van der Waals surface area contributed by atoms with Crippen LogP contribution in [0.2, 0.25) is 0 Å². The van der Waals surface area contributed by atoms with Gasteiger partial charge in [0.1, 0.15) is 5.82 Å². The molecule has 0 atom stereocenters. The smallest absolute Gasteiger partial charge is 0.257 e. The fourth-order valence-electron chi connectivity index (χ4n) is 3.28. The summed E-state index contributed by atoms with van der Waals surface area (Å²) >= 11 is 1.52. The van der Waals surface area contributed by atoms with Gasteiger partial charge >= 0.3 is 0 Å². The molecular formula is C19H16FN5OS. The Bertz CT molecular complexity index is 1070. The maximum atomic E-state index is 13.7. The number of aromatic nitrogens is 2. The van der Waals surface area contributed by atoms with E-state index in [1.807, 2.05) is 17.9 Å². The van der Waals surface area contributed by atoms with Crippen molar-refractivity contribution in [2.75, 3.05) is 31.1 Å². The number of amides is 1. The van der Waals surface area contributed by atoms with Gasteiger partial charge in [0.25, 0.3) is 5.91 Å². The van der Waals surface area contributed by atoms with Gasteiger partial charge in [0, 0.05) is 44.3 Å². The predicted octanol–water partition coefficient (Wildman–Crippen LogP) is 2.97. The van der Waals surface area contributed by atoms with Crippen LogP contribution in [-0.4, -0.2) is 47.0 Å². The number of aryl methyl sites for hydroxylation is 1. The van der Waals surface area contributed by atoms with Crippen LogP contribution in [0.1, 0.15) is 20.9 Å². The molecule has 8 heteroatoms. The summed E-state index contributed by atoms with van der Waals surface area (Å²) in [5, 5.41) is 9.91. The Hall–Kier alpha value is -3.05. The summed E-state index contributed by atoms with van der Waals surface area (Å²) in [4.78, 5) is 25.3. The van der Waals surface area contributed by atoms with Crippen molar-refractivity contribution in [3.8, 4) is 6.07 Å². The number of nitrogens with zero attached hydrogens (tertiary/aromatic N) is 5. The molecule has 6 nitrogen and oxygen atoms in total. The number of halogens is 1. The van der Waals surface area contributed by atoms with Crippen molar-refractivity contribution < 1.29 is 9.18 Å². The third-order valence-electron chi connectivity index (χ3n) is 4.58. The number of carbonyl (C=O) groups is 1. The molecule has 1 fully saturated rings. The third kappa shape index (κ3) is 3.34. The molecule has 1 aliphatic rings. The normalized spacial score (nSPS) is 14.4. The van der Waals surface area contributed by atoms with Gasteiger partial charge in [-0.25, -0.2) is 9.37 Å². The van der Waals surface area contributed by atoms with Gasteiger partial charge in [-0.15, -0.1) is 11.3 Å². The lowest BCUT2D eigenvalue weighted by Crippen LogP contribution is -2.48. The number of hydrogen-bond donors (Lipinski definition) is 0. The lowest BCUT2D eigenvalue weighted by atomic mass is 10.1. The number of carbonyl (C=O) groups excluding carboxylic acids is 1. The van der Waals surface area contributed by atoms with Gasteiger partial charge in [0.05, 0.1) is 32.4 Å². The standard InChI is InChI=1S/C19H16FN5OS/c1-12-23-18-16(10-22-11-17(18)27-12)19(26)25-4-2-24(3-5-25)15-7-13(9-21)6-14(20)8-15/h6-8,10-11H,2-5H2,1H3. The van der Waals surface area contributed by atoms with E-state index in [2.05, 4.69) is 9.97 Å². The number of hydrogen-bond acceptors (Lipinski definition) is 6. The second kappa shape index (κ2) is 6.93. The van der Waals surface area contributed by atoms with Gasteiger partial charge in [-0.3, -0.25) is 9.78 Å². The van der Waals surface area contributed by atoms with Crippen LogP contribution >= 0.6 is 11.3 Å². The highest BCUT2D eigenvalue weighted by Crippen LogP contribution is 2.25. The second-order valence-electron chi connectivity index (χ2n) is 6.36. The zero-order valence-electron chi connectivity index (χ0n) is 14.6. The number of piperazine rings is 1. The van der Waals surface area contributed by atoms with Crippen LogP contribution in [0.4, 0.5) is 10.1 Å². The molecule has 0 unspecified atom stereocenters. The van der Waals surface area contributed by atoms with Gasteiger partial charge in [0.15, 0.2) is 0 Å². The minimum Gasteiger partial charge on any atom is -0.368 e. The van der Waals surface area contributed by atoms with E-state index in [1.54, 1.807) is 23.4 Å². The third-order valence-corrected chi connectivity index (χ3v) is 5.49. The first-order valence-electron chi connectivity index (χ1n) is 8.51. The van der Waals surface area contributed by atoms with Gasteiger partial charge in [-0.05, 0) is 25.1 Å². The van der Waals surface area contributed by atoms with Crippen molar-refractivity contribution in [1.82, 2.24) is 14.9 Å². The van der Waals surface area contributed by atoms with E-state index in [1.165, 1.54) is 23.5 Å². The zero-order chi connectivity index (χ0) is 19.0.